The monoisotopic (exact) mass is 135 g/mol. The number of nitrogens with zero attached hydrogens (tertiary/aromatic N) is 1. The minimum absolute atomic E-state index is 0.652. The normalized spacial score (nSPS) is 33.8. The predicted molar refractivity (Wildman–Crippen MR) is 41.6 cm³/mol. The first-order valence-corrected chi connectivity index (χ1v) is 4.12. The van der Waals surface area contributed by atoms with E-state index in [1.807, 2.05) is 0 Å². The van der Waals surface area contributed by atoms with Crippen molar-refractivity contribution in [2.24, 2.45) is 0 Å². The Morgan fingerprint density at radius 2 is 2.40 bits per heavy atom. The Hall–Kier alpha value is -0.300. The molecule has 2 heterocycles. The van der Waals surface area contributed by atoms with Crippen LogP contribution >= 0.6 is 0 Å². The van der Waals surface area contributed by atoms with Gasteiger partial charge in [-0.3, -0.25) is 4.90 Å². The van der Waals surface area contributed by atoms with Gasteiger partial charge in [0.05, 0.1) is 0 Å². The predicted octanol–water partition coefficient (Wildman–Crippen LogP) is 1.49. The maximum absolute atomic E-state index is 3.37. The van der Waals surface area contributed by atoms with Gasteiger partial charge < -0.3 is 0 Å². The van der Waals surface area contributed by atoms with Crippen LogP contribution in [0.1, 0.15) is 19.3 Å². The molecule has 2 aliphatic rings. The summed E-state index contributed by atoms with van der Waals surface area (Å²) in [6.45, 7) is 2.43. The first-order chi connectivity index (χ1) is 4.97. The third-order valence-electron chi connectivity index (χ3n) is 2.36. The molecule has 0 aromatic heterocycles. The van der Waals surface area contributed by atoms with Crippen molar-refractivity contribution in [3.05, 3.63) is 18.6 Å². The Kier molecular flexibility index (Phi) is 1.76. The first kappa shape index (κ1) is 6.41. The summed E-state index contributed by atoms with van der Waals surface area (Å²) in [6, 6.07) is 0.652. The minimum Gasteiger partial charge on any atom is -0.296 e. The Morgan fingerprint density at radius 1 is 1.40 bits per heavy atom. The fourth-order valence-electron chi connectivity index (χ4n) is 1.77. The van der Waals surface area contributed by atoms with Gasteiger partial charge in [0.1, 0.15) is 0 Å². The first-order valence-electron chi connectivity index (χ1n) is 4.12. The molecule has 1 fully saturated rings. The fraction of sp³-hybridized carbons (Fsp3) is 0.667. The van der Waals surface area contributed by atoms with E-state index in [0.29, 0.717) is 6.04 Å². The van der Waals surface area contributed by atoms with Crippen LogP contribution in [0.2, 0.25) is 0 Å². The van der Waals surface area contributed by atoms with E-state index in [1.54, 1.807) is 0 Å². The Bertz CT molecular complexity index is 124. The molecule has 2 rings (SSSR count). The maximum atomic E-state index is 3.37. The van der Waals surface area contributed by atoms with Gasteiger partial charge in [0.2, 0.25) is 0 Å². The van der Waals surface area contributed by atoms with Crippen LogP contribution < -0.4 is 0 Å². The molecule has 0 amide bonds. The van der Waals surface area contributed by atoms with Crippen molar-refractivity contribution in [1.82, 2.24) is 4.90 Å². The quantitative estimate of drug-likeness (QED) is 0.486. The summed E-state index contributed by atoms with van der Waals surface area (Å²) in [6.07, 6.45) is 11.7. The molecule has 1 saturated heterocycles. The summed E-state index contributed by atoms with van der Waals surface area (Å²) in [5.74, 6) is 0. The maximum Gasteiger partial charge on any atom is 0.0269 e. The van der Waals surface area contributed by atoms with Crippen LogP contribution in [0.3, 0.4) is 0 Å². The zero-order valence-electron chi connectivity index (χ0n) is 6.21. The van der Waals surface area contributed by atoms with Crippen LogP contribution in [0, 0.1) is 6.42 Å². The van der Waals surface area contributed by atoms with Crippen molar-refractivity contribution in [3.8, 4) is 0 Å². The Labute approximate surface area is 62.7 Å². The molecule has 0 saturated carbocycles. The lowest BCUT2D eigenvalue weighted by molar-refractivity contribution is 0.185. The van der Waals surface area contributed by atoms with Crippen molar-refractivity contribution in [2.45, 2.75) is 25.3 Å². The average Bonchev–Trinajstić information content (AvgIpc) is 2.05. The molecule has 1 heteroatoms. The van der Waals surface area contributed by atoms with E-state index in [4.69, 9.17) is 0 Å². The highest BCUT2D eigenvalue weighted by atomic mass is 15.2. The number of hydrogen-bond acceptors (Lipinski definition) is 1. The lowest BCUT2D eigenvalue weighted by Gasteiger charge is -2.36. The summed E-state index contributed by atoms with van der Waals surface area (Å²) < 4.78 is 0. The molecule has 0 spiro atoms. The molecule has 1 nitrogen and oxygen atoms in total. The Balaban J connectivity index is 2.01. The summed E-state index contributed by atoms with van der Waals surface area (Å²) >= 11 is 0. The van der Waals surface area contributed by atoms with Gasteiger partial charge in [-0.05, 0) is 19.4 Å². The van der Waals surface area contributed by atoms with E-state index in [9.17, 15) is 0 Å². The van der Waals surface area contributed by atoms with Crippen molar-refractivity contribution in [3.63, 3.8) is 0 Å². The van der Waals surface area contributed by atoms with Crippen LogP contribution in [-0.2, 0) is 0 Å². The molecule has 0 aromatic rings. The highest BCUT2D eigenvalue weighted by Gasteiger charge is 2.22. The van der Waals surface area contributed by atoms with E-state index >= 15 is 0 Å². The lowest BCUT2D eigenvalue weighted by Crippen LogP contribution is -2.41. The zero-order chi connectivity index (χ0) is 6.81. The fourth-order valence-corrected chi connectivity index (χ4v) is 1.77. The molecule has 1 atom stereocenters. The lowest BCUT2D eigenvalue weighted by atomic mass is 9.97. The molecular formula is C9H13N. The van der Waals surface area contributed by atoms with Crippen LogP contribution in [0.4, 0.5) is 0 Å². The van der Waals surface area contributed by atoms with E-state index < -0.39 is 0 Å². The topological polar surface area (TPSA) is 3.24 Å². The number of fused-ring (bicyclic) bond motifs is 1. The minimum atomic E-state index is 0.652. The summed E-state index contributed by atoms with van der Waals surface area (Å²) in [5.41, 5.74) is 0. The number of hydrogen-bond donors (Lipinski definition) is 0. The van der Waals surface area contributed by atoms with Crippen molar-refractivity contribution in [2.75, 3.05) is 13.1 Å². The van der Waals surface area contributed by atoms with Gasteiger partial charge in [0.15, 0.2) is 0 Å². The highest BCUT2D eigenvalue weighted by Crippen LogP contribution is 2.21. The van der Waals surface area contributed by atoms with Crippen LogP contribution in [-0.4, -0.2) is 24.0 Å². The zero-order valence-corrected chi connectivity index (χ0v) is 6.21. The molecular weight excluding hydrogens is 122 g/mol. The highest BCUT2D eigenvalue weighted by molar-refractivity contribution is 5.09. The van der Waals surface area contributed by atoms with Crippen LogP contribution in [0.15, 0.2) is 12.2 Å². The van der Waals surface area contributed by atoms with Gasteiger partial charge in [-0.2, -0.15) is 0 Å². The number of piperidine rings is 1. The molecule has 0 N–H and O–H groups in total. The molecule has 0 bridgehead atoms. The van der Waals surface area contributed by atoms with Gasteiger partial charge in [-0.25, -0.2) is 0 Å². The third kappa shape index (κ3) is 1.10. The standard InChI is InChI=1S/C9H13N/c1-3-7-10-8-4-2-6-9(10)5-1/h1,3,9H,2,4,6-8H2. The van der Waals surface area contributed by atoms with E-state index in [1.165, 1.54) is 25.8 Å². The number of rotatable bonds is 0. The molecule has 54 valence electrons. The molecule has 2 aliphatic heterocycles. The van der Waals surface area contributed by atoms with Gasteiger partial charge >= 0.3 is 0 Å². The van der Waals surface area contributed by atoms with Gasteiger partial charge in [0.25, 0.3) is 0 Å². The smallest absolute Gasteiger partial charge is 0.0269 e. The van der Waals surface area contributed by atoms with Crippen molar-refractivity contribution >= 4 is 0 Å². The SMILES string of the molecule is [C]1C=CCN2CCCCC12. The van der Waals surface area contributed by atoms with Gasteiger partial charge in [-0.15, -0.1) is 0 Å². The van der Waals surface area contributed by atoms with E-state index in [2.05, 4.69) is 23.5 Å². The summed E-state index contributed by atoms with van der Waals surface area (Å²) in [7, 11) is 0. The van der Waals surface area contributed by atoms with Crippen molar-refractivity contribution < 1.29 is 0 Å². The molecule has 1 unspecified atom stereocenters. The molecule has 2 radical (unpaired) electrons. The largest absolute Gasteiger partial charge is 0.296 e. The second kappa shape index (κ2) is 2.75. The van der Waals surface area contributed by atoms with E-state index in [0.717, 1.165) is 6.54 Å². The second-order valence-corrected chi connectivity index (χ2v) is 3.08. The van der Waals surface area contributed by atoms with Gasteiger partial charge in [-0.1, -0.05) is 18.6 Å². The molecule has 0 aromatic carbocycles. The van der Waals surface area contributed by atoms with Crippen molar-refractivity contribution in [1.29, 1.82) is 0 Å². The molecule has 0 aliphatic carbocycles. The van der Waals surface area contributed by atoms with Crippen LogP contribution in [0.25, 0.3) is 0 Å². The third-order valence-corrected chi connectivity index (χ3v) is 2.36. The summed E-state index contributed by atoms with van der Waals surface area (Å²) in [5, 5.41) is 0. The summed E-state index contributed by atoms with van der Waals surface area (Å²) in [4.78, 5) is 2.50. The van der Waals surface area contributed by atoms with Crippen LogP contribution in [0.5, 0.6) is 0 Å². The second-order valence-electron chi connectivity index (χ2n) is 3.08. The molecule has 10 heavy (non-hydrogen) atoms. The van der Waals surface area contributed by atoms with E-state index in [-0.39, 0.29) is 0 Å². The average molecular weight is 135 g/mol. The Morgan fingerprint density at radius 3 is 3.30 bits per heavy atom. The van der Waals surface area contributed by atoms with Gasteiger partial charge in [0, 0.05) is 19.0 Å².